The molecule has 0 aliphatic rings. The first kappa shape index (κ1) is 74.0. The van der Waals surface area contributed by atoms with Gasteiger partial charge in [-0.25, -0.2) is 4.39 Å². The third-order valence-electron chi connectivity index (χ3n) is 18.4. The molecule has 0 bridgehead atoms. The third kappa shape index (κ3) is 15.2. The average Bonchev–Trinajstić information content (AvgIpc) is 1.63. The molecule has 6 nitrogen and oxygen atoms in total. The molecule has 0 saturated carbocycles. The number of ether oxygens (including phenoxy) is 2. The maximum atomic E-state index is 16.8. The number of aliphatic hydroxyl groups is 2. The van der Waals surface area contributed by atoms with Crippen LogP contribution in [0.15, 0.2) is 121 Å². The van der Waals surface area contributed by atoms with E-state index in [2.05, 4.69) is 225 Å². The number of aromatic nitrogens is 2. The molecular weight excluding hydrogens is 1340 g/mol. The second-order valence-corrected chi connectivity index (χ2v) is 31.2. The summed E-state index contributed by atoms with van der Waals surface area (Å²) in [4.78, 5) is 0. The fraction of sp³-hybridized carbons (Fsp3) is 0.398. The maximum Gasteiger partial charge on any atom is 0.299 e. The van der Waals surface area contributed by atoms with E-state index in [0.29, 0.717) is 64.4 Å². The van der Waals surface area contributed by atoms with Crippen LogP contribution in [-0.4, -0.2) is 42.0 Å². The van der Waals surface area contributed by atoms with Crippen LogP contribution in [0, 0.1) is 44.2 Å². The fourth-order valence-electron chi connectivity index (χ4n) is 14.4. The Kier molecular flexibility index (Phi) is 22.4. The van der Waals surface area contributed by atoms with Crippen LogP contribution in [0.1, 0.15) is 213 Å². The van der Waals surface area contributed by atoms with Gasteiger partial charge in [0.2, 0.25) is 5.82 Å². The van der Waals surface area contributed by atoms with Crippen LogP contribution in [0.3, 0.4) is 0 Å². The number of aryl methyl sites for hydroxylation is 1. The predicted octanol–water partition coefficient (Wildman–Crippen LogP) is 24.6. The Bertz CT molecular complexity index is 3970. The number of hydrogen-bond donors (Lipinski definition) is 2. The Balaban J connectivity index is 0.00000408. The van der Waals surface area contributed by atoms with Crippen molar-refractivity contribution in [3.8, 4) is 56.6 Å². The van der Waals surface area contributed by atoms with Gasteiger partial charge in [0.05, 0.1) is 44.6 Å². The number of hydrogen-bond acceptors (Lipinski definition) is 2. The van der Waals surface area contributed by atoms with Crippen molar-refractivity contribution < 1.29 is 54.3 Å². The summed E-state index contributed by atoms with van der Waals surface area (Å²) in [5, 5.41) is 30.7. The van der Waals surface area contributed by atoms with E-state index in [1.165, 1.54) is 40.5 Å². The Hall–Kier alpha value is -6.42. The number of fused-ring (bicyclic) bond motifs is 6. The fourth-order valence-corrected chi connectivity index (χ4v) is 14.6. The number of phenolic OH excluding ortho intramolecular Hbond substituents is 2. The quantitative estimate of drug-likeness (QED) is 0.0366. The molecule has 0 spiro atoms. The molecule has 0 fully saturated rings. The second-order valence-electron chi connectivity index (χ2n) is 30.8. The first-order valence-corrected chi connectivity index (χ1v) is 33.1. The topological polar surface area (TPSA) is 75.9 Å². The minimum absolute atomic E-state index is 0. The third-order valence-corrected chi connectivity index (χ3v) is 18.7. The summed E-state index contributed by atoms with van der Waals surface area (Å²) in [6, 6.07) is 41.0. The first-order valence-electron chi connectivity index (χ1n) is 32.7. The van der Waals surface area contributed by atoms with Gasteiger partial charge in [0.1, 0.15) is 17.3 Å². The van der Waals surface area contributed by atoms with Crippen molar-refractivity contribution >= 4 is 55.2 Å². The van der Waals surface area contributed by atoms with Gasteiger partial charge in [-0.05, 0) is 165 Å². The number of nitrogens with zero attached hydrogens (tertiary/aromatic N) is 2. The van der Waals surface area contributed by atoms with Gasteiger partial charge in [-0.15, -0.1) is 0 Å². The van der Waals surface area contributed by atoms with Crippen LogP contribution >= 0.6 is 11.6 Å². The van der Waals surface area contributed by atoms with Crippen LogP contribution in [0.5, 0.6) is 23.0 Å². The van der Waals surface area contributed by atoms with Gasteiger partial charge < -0.3 is 43.7 Å². The largest absolute Gasteiger partial charge is 0.582 e. The Morgan fingerprint density at radius 3 is 1.11 bits per heavy atom. The number of rotatable bonds is 19. The Labute approximate surface area is 578 Å². The van der Waals surface area contributed by atoms with E-state index in [1.807, 2.05) is 13.0 Å². The molecule has 0 aliphatic carbocycles. The minimum atomic E-state index is -0.581. The molecule has 0 saturated heterocycles. The standard InChI is InChI=1S/C81H95ClF2N2O4.2CH3.Hf/c1-46(2)51-22-26-59-60-27-23-52(47(3)4)34-69(60)85(68(59)33-51)72-39-55(80(16,17)44-78(10,11)12)37-63(74(72)87)65-41-57(82)42-67(84)77(65)90-31-21-20-30-89-76-50(9)32-58(83)43-66(76)64-38-56(81(18,19)45-79(13,14)15)40-73(75(64)88)86-70-35-53(48(5)6)24-28-61(70)62-29-25-54(49(7)8)36-71(62)86;;;/h22-29,32-43,46-49,87-88H,20-21,30-31,44-45H2,1-19H3;2*1H3;/q;2*-1;/p+2. The molecular formula is C83H103ClF2HfN2O4. The van der Waals surface area contributed by atoms with Crippen molar-refractivity contribution in [3.63, 3.8) is 0 Å². The van der Waals surface area contributed by atoms with E-state index < -0.39 is 11.6 Å². The molecule has 0 radical (unpaired) electrons. The first-order chi connectivity index (χ1) is 42.1. The van der Waals surface area contributed by atoms with Gasteiger partial charge in [-0.2, -0.15) is 4.39 Å². The van der Waals surface area contributed by atoms with Crippen LogP contribution in [0.4, 0.5) is 8.78 Å². The molecule has 2 heterocycles. The van der Waals surface area contributed by atoms with E-state index >= 15 is 8.78 Å². The van der Waals surface area contributed by atoms with Gasteiger partial charge in [-0.3, -0.25) is 0 Å². The van der Waals surface area contributed by atoms with Crippen molar-refractivity contribution in [2.24, 2.45) is 10.8 Å². The number of aromatic hydroxyl groups is 4. The van der Waals surface area contributed by atoms with Crippen molar-refractivity contribution in [2.75, 3.05) is 13.2 Å². The van der Waals surface area contributed by atoms with Gasteiger partial charge in [0.25, 0.3) is 11.5 Å². The smallest absolute Gasteiger partial charge is 0.299 e. The molecule has 494 valence electrons. The van der Waals surface area contributed by atoms with Gasteiger partial charge in [0.15, 0.2) is 13.2 Å². The molecule has 8 aromatic carbocycles. The monoisotopic (exact) mass is 1440 g/mol. The summed E-state index contributed by atoms with van der Waals surface area (Å²) in [5.74, 6) is 0.859. The zero-order valence-corrected chi connectivity index (χ0v) is 63.8. The zero-order valence-electron chi connectivity index (χ0n) is 59.4. The van der Waals surface area contributed by atoms with Crippen LogP contribution in [0.2, 0.25) is 5.02 Å². The number of halogens is 3. The molecule has 10 rings (SSSR count). The molecule has 4 N–H and O–H groups in total. The Morgan fingerprint density at radius 2 is 0.774 bits per heavy atom. The van der Waals surface area contributed by atoms with E-state index in [0.717, 1.165) is 67.6 Å². The molecule has 0 amide bonds. The summed E-state index contributed by atoms with van der Waals surface area (Å²) < 4.78 is 47.7. The van der Waals surface area contributed by atoms with E-state index in [9.17, 15) is 10.2 Å². The van der Waals surface area contributed by atoms with E-state index in [1.54, 1.807) is 6.07 Å². The summed E-state index contributed by atoms with van der Waals surface area (Å²) in [6.45, 7) is 42.6. The summed E-state index contributed by atoms with van der Waals surface area (Å²) in [7, 11) is 0. The SMILES string of the molecule is Cc1cc(F)cc(-c2cc(C(C)(C)CC(C)(C)C)cc(-n3c4cc(C(C)C)ccc4c4ccc(C(C)C)cc43)c2O)c1[OH+]CCCC[OH+]c1c(F)cc(Cl)cc1-c1cc(C(C)(C)CC(C)(C)C)cc(-n2c3cc(C(C)C)ccc3c3ccc(C(C)C)cc32)c1O.[CH3-].[CH3-].[Hf]. The predicted molar refractivity (Wildman–Crippen MR) is 391 cm³/mol. The second kappa shape index (κ2) is 28.1. The van der Waals surface area contributed by atoms with Crippen LogP contribution in [-0.2, 0) is 36.7 Å². The van der Waals surface area contributed by atoms with Crippen LogP contribution in [0.25, 0.3) is 77.2 Å². The van der Waals surface area contributed by atoms with Crippen molar-refractivity contribution in [2.45, 2.75) is 192 Å². The molecule has 93 heavy (non-hydrogen) atoms. The molecule has 2 aromatic heterocycles. The molecule has 0 atom stereocenters. The van der Waals surface area contributed by atoms with Crippen molar-refractivity contribution in [1.82, 2.24) is 9.13 Å². The minimum Gasteiger partial charge on any atom is -0.582 e. The van der Waals surface area contributed by atoms with E-state index in [4.69, 9.17) is 21.1 Å². The maximum absolute atomic E-state index is 16.8. The number of benzene rings is 8. The zero-order chi connectivity index (χ0) is 65.4. The summed E-state index contributed by atoms with van der Waals surface area (Å²) in [5.41, 5.74) is 13.7. The van der Waals surface area contributed by atoms with Crippen LogP contribution < -0.4 is 0 Å². The van der Waals surface area contributed by atoms with Crippen molar-refractivity contribution in [1.29, 1.82) is 0 Å². The molecule has 0 aliphatic heterocycles. The van der Waals surface area contributed by atoms with E-state index in [-0.39, 0.29) is 115 Å². The van der Waals surface area contributed by atoms with Crippen molar-refractivity contribution in [3.05, 3.63) is 192 Å². The summed E-state index contributed by atoms with van der Waals surface area (Å²) in [6.07, 6.45) is 2.81. The molecule has 10 heteroatoms. The number of unbranched alkanes of at least 4 members (excludes halogenated alkanes) is 1. The van der Waals surface area contributed by atoms with Gasteiger partial charge in [-0.1, -0.05) is 185 Å². The Morgan fingerprint density at radius 1 is 0.441 bits per heavy atom. The van der Waals surface area contributed by atoms with Gasteiger partial charge >= 0.3 is 0 Å². The number of phenols is 2. The average molecular weight is 1440 g/mol. The summed E-state index contributed by atoms with van der Waals surface area (Å²) >= 11 is 6.83. The molecule has 0 unspecified atom stereocenters. The van der Waals surface area contributed by atoms with Gasteiger partial charge in [0, 0.05) is 88.0 Å². The molecule has 10 aromatic rings. The normalized spacial score (nSPS) is 12.5.